The molecule has 2 atom stereocenters. The number of rotatable bonds is 2. The van der Waals surface area contributed by atoms with Gasteiger partial charge in [0.25, 0.3) is 5.91 Å². The number of hydrogen-bond donors (Lipinski definition) is 2. The first-order chi connectivity index (χ1) is 9.68. The van der Waals surface area contributed by atoms with Crippen LogP contribution in [0.2, 0.25) is 0 Å². The van der Waals surface area contributed by atoms with Crippen molar-refractivity contribution < 1.29 is 14.7 Å². The summed E-state index contributed by atoms with van der Waals surface area (Å²) in [5, 5.41) is 12.4. The number of carboxylic acids is 1. The molecule has 4 nitrogen and oxygen atoms in total. The van der Waals surface area contributed by atoms with Crippen LogP contribution in [0.15, 0.2) is 54.6 Å². The second-order valence-electron chi connectivity index (χ2n) is 4.76. The normalized spacial score (nSPS) is 20.9. The van der Waals surface area contributed by atoms with E-state index in [0.29, 0.717) is 11.1 Å². The Morgan fingerprint density at radius 3 is 2.35 bits per heavy atom. The molecule has 1 aliphatic heterocycles. The molecule has 20 heavy (non-hydrogen) atoms. The molecule has 0 aliphatic carbocycles. The first kappa shape index (κ1) is 12.4. The highest BCUT2D eigenvalue weighted by atomic mass is 16.4. The van der Waals surface area contributed by atoms with Crippen LogP contribution in [-0.4, -0.2) is 17.0 Å². The highest BCUT2D eigenvalue weighted by Crippen LogP contribution is 2.36. The molecule has 4 heteroatoms. The number of amides is 1. The average Bonchev–Trinajstić information content (AvgIpc) is 2.47. The van der Waals surface area contributed by atoms with Crippen LogP contribution in [0.5, 0.6) is 0 Å². The van der Waals surface area contributed by atoms with Gasteiger partial charge in [0.1, 0.15) is 5.92 Å². The van der Waals surface area contributed by atoms with E-state index in [0.717, 1.165) is 5.56 Å². The lowest BCUT2D eigenvalue weighted by atomic mass is 9.81. The molecule has 0 saturated carbocycles. The van der Waals surface area contributed by atoms with Crippen LogP contribution in [0.1, 0.15) is 33.4 Å². The quantitative estimate of drug-likeness (QED) is 0.877. The van der Waals surface area contributed by atoms with E-state index >= 15 is 0 Å². The maximum Gasteiger partial charge on any atom is 0.313 e. The summed E-state index contributed by atoms with van der Waals surface area (Å²) in [4.78, 5) is 23.8. The third-order valence-corrected chi connectivity index (χ3v) is 3.59. The van der Waals surface area contributed by atoms with Gasteiger partial charge >= 0.3 is 5.97 Å². The van der Waals surface area contributed by atoms with Gasteiger partial charge in [-0.25, -0.2) is 0 Å². The van der Waals surface area contributed by atoms with E-state index in [1.165, 1.54) is 0 Å². The van der Waals surface area contributed by atoms with Crippen LogP contribution in [0.4, 0.5) is 0 Å². The Bertz CT molecular complexity index is 666. The lowest BCUT2D eigenvalue weighted by molar-refractivity contribution is -0.139. The van der Waals surface area contributed by atoms with Gasteiger partial charge in [-0.3, -0.25) is 9.59 Å². The molecule has 0 saturated heterocycles. The maximum absolute atomic E-state index is 12.1. The van der Waals surface area contributed by atoms with E-state index in [9.17, 15) is 14.7 Å². The molecule has 1 aliphatic rings. The summed E-state index contributed by atoms with van der Waals surface area (Å²) in [6.45, 7) is 0. The number of benzene rings is 2. The summed E-state index contributed by atoms with van der Waals surface area (Å²) in [7, 11) is 0. The fourth-order valence-electron chi connectivity index (χ4n) is 2.67. The fraction of sp³-hybridized carbons (Fsp3) is 0.125. The van der Waals surface area contributed by atoms with Gasteiger partial charge in [0.05, 0.1) is 6.04 Å². The SMILES string of the molecule is O=C1N[C@@H](c2ccccc2)[C@H](C(=O)O)c2ccccc21. The summed E-state index contributed by atoms with van der Waals surface area (Å²) in [6.07, 6.45) is 0. The molecule has 0 bridgehead atoms. The van der Waals surface area contributed by atoms with Gasteiger partial charge in [0.15, 0.2) is 0 Å². The molecule has 0 spiro atoms. The van der Waals surface area contributed by atoms with Crippen molar-refractivity contribution >= 4 is 11.9 Å². The molecular formula is C16H13NO3. The van der Waals surface area contributed by atoms with E-state index in [1.807, 2.05) is 30.3 Å². The van der Waals surface area contributed by atoms with Crippen LogP contribution < -0.4 is 5.32 Å². The van der Waals surface area contributed by atoms with Crippen molar-refractivity contribution in [1.29, 1.82) is 0 Å². The summed E-state index contributed by atoms with van der Waals surface area (Å²) in [5.41, 5.74) is 1.80. The maximum atomic E-state index is 12.1. The summed E-state index contributed by atoms with van der Waals surface area (Å²) < 4.78 is 0. The molecule has 2 aromatic carbocycles. The van der Waals surface area contributed by atoms with Crippen molar-refractivity contribution in [3.8, 4) is 0 Å². The molecule has 1 heterocycles. The Balaban J connectivity index is 2.14. The Morgan fingerprint density at radius 2 is 1.65 bits per heavy atom. The minimum atomic E-state index is -0.939. The van der Waals surface area contributed by atoms with E-state index in [-0.39, 0.29) is 5.91 Å². The van der Waals surface area contributed by atoms with Crippen LogP contribution in [-0.2, 0) is 4.79 Å². The van der Waals surface area contributed by atoms with Crippen LogP contribution >= 0.6 is 0 Å². The lowest BCUT2D eigenvalue weighted by Crippen LogP contribution is -2.41. The van der Waals surface area contributed by atoms with E-state index in [2.05, 4.69) is 5.32 Å². The van der Waals surface area contributed by atoms with Crippen molar-refractivity contribution in [1.82, 2.24) is 5.32 Å². The van der Waals surface area contributed by atoms with Gasteiger partial charge in [0, 0.05) is 5.56 Å². The Hall–Kier alpha value is -2.62. The first-order valence-electron chi connectivity index (χ1n) is 6.36. The Labute approximate surface area is 116 Å². The third kappa shape index (κ3) is 1.95. The number of carbonyl (C=O) groups is 2. The van der Waals surface area contributed by atoms with Gasteiger partial charge in [-0.2, -0.15) is 0 Å². The third-order valence-electron chi connectivity index (χ3n) is 3.59. The molecule has 2 N–H and O–H groups in total. The second kappa shape index (κ2) is 4.81. The summed E-state index contributed by atoms with van der Waals surface area (Å²) in [5.74, 6) is -1.94. The van der Waals surface area contributed by atoms with Crippen molar-refractivity contribution in [2.45, 2.75) is 12.0 Å². The topological polar surface area (TPSA) is 66.4 Å². The predicted octanol–water partition coefficient (Wildman–Crippen LogP) is 2.34. The van der Waals surface area contributed by atoms with Crippen LogP contribution in [0.25, 0.3) is 0 Å². The molecule has 0 radical (unpaired) electrons. The monoisotopic (exact) mass is 267 g/mol. The predicted molar refractivity (Wildman–Crippen MR) is 73.5 cm³/mol. The molecule has 2 aromatic rings. The van der Waals surface area contributed by atoms with Gasteiger partial charge in [-0.1, -0.05) is 48.5 Å². The fourth-order valence-corrected chi connectivity index (χ4v) is 2.67. The smallest absolute Gasteiger partial charge is 0.313 e. The van der Waals surface area contributed by atoms with E-state index in [4.69, 9.17) is 0 Å². The van der Waals surface area contributed by atoms with Crippen molar-refractivity contribution in [3.05, 3.63) is 71.3 Å². The highest BCUT2D eigenvalue weighted by Gasteiger charge is 2.38. The van der Waals surface area contributed by atoms with E-state index < -0.39 is 17.9 Å². The zero-order valence-corrected chi connectivity index (χ0v) is 10.6. The van der Waals surface area contributed by atoms with Crippen molar-refractivity contribution in [3.63, 3.8) is 0 Å². The first-order valence-corrected chi connectivity index (χ1v) is 6.36. The Kier molecular flexibility index (Phi) is 2.99. The number of carbonyl (C=O) groups excluding carboxylic acids is 1. The number of aliphatic carboxylic acids is 1. The van der Waals surface area contributed by atoms with Gasteiger partial charge in [0.2, 0.25) is 0 Å². The average molecular weight is 267 g/mol. The van der Waals surface area contributed by atoms with Gasteiger partial charge in [-0.05, 0) is 17.2 Å². The van der Waals surface area contributed by atoms with Crippen molar-refractivity contribution in [2.24, 2.45) is 0 Å². The number of fused-ring (bicyclic) bond motifs is 1. The lowest BCUT2D eigenvalue weighted by Gasteiger charge is -2.31. The standard InChI is InChI=1S/C16H13NO3/c18-15-12-9-5-4-8-11(12)13(16(19)20)14(17-15)10-6-2-1-3-7-10/h1-9,13-14H,(H,17,18)(H,19,20)/t13-,14+/m1/s1. The minimum Gasteiger partial charge on any atom is -0.481 e. The van der Waals surface area contributed by atoms with Gasteiger partial charge in [-0.15, -0.1) is 0 Å². The van der Waals surface area contributed by atoms with E-state index in [1.54, 1.807) is 24.3 Å². The number of hydrogen-bond acceptors (Lipinski definition) is 2. The van der Waals surface area contributed by atoms with Crippen LogP contribution in [0, 0.1) is 0 Å². The molecule has 1 amide bonds. The summed E-state index contributed by atoms with van der Waals surface area (Å²) >= 11 is 0. The van der Waals surface area contributed by atoms with Crippen LogP contribution in [0.3, 0.4) is 0 Å². The largest absolute Gasteiger partial charge is 0.481 e. The number of carboxylic acid groups (broad SMARTS) is 1. The highest BCUT2D eigenvalue weighted by molar-refractivity contribution is 6.00. The second-order valence-corrected chi connectivity index (χ2v) is 4.76. The number of nitrogens with one attached hydrogen (secondary N) is 1. The van der Waals surface area contributed by atoms with Crippen molar-refractivity contribution in [2.75, 3.05) is 0 Å². The minimum absolute atomic E-state index is 0.230. The molecule has 3 rings (SSSR count). The van der Waals surface area contributed by atoms with Gasteiger partial charge < -0.3 is 10.4 Å². The molecule has 100 valence electrons. The molecule has 0 aromatic heterocycles. The summed E-state index contributed by atoms with van der Waals surface area (Å²) in [6, 6.07) is 15.5. The molecular weight excluding hydrogens is 254 g/mol. The zero-order valence-electron chi connectivity index (χ0n) is 10.6. The zero-order chi connectivity index (χ0) is 14.1. The molecule has 0 unspecified atom stereocenters. The molecule has 0 fully saturated rings. The Morgan fingerprint density at radius 1 is 1.00 bits per heavy atom.